The van der Waals surface area contributed by atoms with Crippen LogP contribution in [0.5, 0.6) is 0 Å². The van der Waals surface area contributed by atoms with Crippen LogP contribution in [0.4, 0.5) is 4.79 Å². The molecule has 3 N–H and O–H groups in total. The van der Waals surface area contributed by atoms with Gasteiger partial charge >= 0.3 is 6.03 Å². The number of nitrogens with two attached hydrogens (primary N) is 1. The fraction of sp³-hybridized carbons (Fsp3) is 0.158. The van der Waals surface area contributed by atoms with E-state index in [4.69, 9.17) is 10.2 Å². The van der Waals surface area contributed by atoms with Gasteiger partial charge in [0, 0.05) is 17.0 Å². The van der Waals surface area contributed by atoms with Gasteiger partial charge in [-0.1, -0.05) is 18.2 Å². The predicted octanol–water partition coefficient (Wildman–Crippen LogP) is 3.35. The third-order valence-electron chi connectivity index (χ3n) is 3.81. The van der Waals surface area contributed by atoms with Crippen molar-refractivity contribution >= 4 is 23.3 Å². The number of rotatable bonds is 7. The summed E-state index contributed by atoms with van der Waals surface area (Å²) in [5.74, 6) is 0.654. The first-order valence-corrected chi connectivity index (χ1v) is 8.96. The number of furan rings is 1. The van der Waals surface area contributed by atoms with Gasteiger partial charge in [0.2, 0.25) is 0 Å². The molecule has 3 amide bonds. The number of nitrogens with zero attached hydrogens (tertiary/aromatic N) is 1. The molecule has 0 saturated carbocycles. The molecular weight excluding hydrogens is 350 g/mol. The summed E-state index contributed by atoms with van der Waals surface area (Å²) in [5.41, 5.74) is 6.52. The van der Waals surface area contributed by atoms with Crippen LogP contribution >= 0.6 is 11.3 Å². The molecule has 0 aliphatic carbocycles. The van der Waals surface area contributed by atoms with Crippen molar-refractivity contribution in [3.8, 4) is 0 Å². The number of thiophene rings is 1. The Morgan fingerprint density at radius 2 is 1.88 bits per heavy atom. The lowest BCUT2D eigenvalue weighted by atomic mass is 10.1. The molecule has 0 atom stereocenters. The van der Waals surface area contributed by atoms with E-state index in [0.717, 1.165) is 16.2 Å². The zero-order chi connectivity index (χ0) is 18.4. The number of carbonyl (C=O) groups is 2. The Morgan fingerprint density at radius 1 is 1.08 bits per heavy atom. The van der Waals surface area contributed by atoms with Crippen molar-refractivity contribution in [2.45, 2.75) is 19.6 Å². The van der Waals surface area contributed by atoms with E-state index in [-0.39, 0.29) is 5.91 Å². The first kappa shape index (κ1) is 17.8. The van der Waals surface area contributed by atoms with Gasteiger partial charge in [0.05, 0.1) is 19.4 Å². The smallest absolute Gasteiger partial charge is 0.312 e. The van der Waals surface area contributed by atoms with Crippen molar-refractivity contribution in [2.24, 2.45) is 5.73 Å². The van der Waals surface area contributed by atoms with E-state index >= 15 is 0 Å². The number of carbonyl (C=O) groups excluding carboxylic acids is 2. The molecule has 0 fully saturated rings. The largest absolute Gasteiger partial charge is 0.467 e. The first-order chi connectivity index (χ1) is 12.6. The molecule has 0 spiro atoms. The molecule has 2 aromatic heterocycles. The Morgan fingerprint density at radius 3 is 2.50 bits per heavy atom. The van der Waals surface area contributed by atoms with E-state index in [1.165, 1.54) is 0 Å². The van der Waals surface area contributed by atoms with Crippen LogP contribution in [0.1, 0.15) is 26.6 Å². The average Bonchev–Trinajstić information content (AvgIpc) is 3.33. The van der Waals surface area contributed by atoms with E-state index in [1.807, 2.05) is 29.6 Å². The number of benzene rings is 1. The monoisotopic (exact) mass is 369 g/mol. The predicted molar refractivity (Wildman–Crippen MR) is 99.5 cm³/mol. The van der Waals surface area contributed by atoms with E-state index in [1.54, 1.807) is 46.8 Å². The highest BCUT2D eigenvalue weighted by Gasteiger charge is 2.18. The second kappa shape index (κ2) is 8.35. The van der Waals surface area contributed by atoms with Gasteiger partial charge in [-0.05, 0) is 41.3 Å². The summed E-state index contributed by atoms with van der Waals surface area (Å²) >= 11 is 1.61. The van der Waals surface area contributed by atoms with Gasteiger partial charge in [-0.3, -0.25) is 4.79 Å². The highest BCUT2D eigenvalue weighted by atomic mass is 32.1. The van der Waals surface area contributed by atoms with Crippen LogP contribution in [-0.4, -0.2) is 16.8 Å². The second-order valence-corrected chi connectivity index (χ2v) is 6.77. The Kier molecular flexibility index (Phi) is 5.70. The molecule has 0 aliphatic rings. The van der Waals surface area contributed by atoms with E-state index < -0.39 is 6.03 Å². The molecule has 134 valence electrons. The van der Waals surface area contributed by atoms with Gasteiger partial charge < -0.3 is 20.4 Å². The molecule has 7 heteroatoms. The minimum Gasteiger partial charge on any atom is -0.467 e. The van der Waals surface area contributed by atoms with Gasteiger partial charge in [0.15, 0.2) is 0 Å². The minimum atomic E-state index is -0.578. The molecule has 26 heavy (non-hydrogen) atoms. The molecule has 3 rings (SSSR count). The van der Waals surface area contributed by atoms with Crippen LogP contribution in [0.2, 0.25) is 0 Å². The van der Waals surface area contributed by atoms with Gasteiger partial charge in [-0.2, -0.15) is 0 Å². The number of amides is 3. The van der Waals surface area contributed by atoms with Gasteiger partial charge in [0.25, 0.3) is 5.91 Å². The maximum Gasteiger partial charge on any atom is 0.312 e. The molecule has 0 unspecified atom stereocenters. The highest BCUT2D eigenvalue weighted by molar-refractivity contribution is 7.09. The number of hydrogen-bond acceptors (Lipinski definition) is 4. The van der Waals surface area contributed by atoms with Crippen LogP contribution in [-0.2, 0) is 19.6 Å². The van der Waals surface area contributed by atoms with Crippen molar-refractivity contribution in [1.29, 1.82) is 0 Å². The van der Waals surface area contributed by atoms with Crippen LogP contribution in [0.15, 0.2) is 64.6 Å². The second-order valence-electron chi connectivity index (χ2n) is 5.73. The SMILES string of the molecule is NC(=O)NCc1ccc(C(=O)N(Cc2ccco2)Cc2cccs2)cc1. The van der Waals surface area contributed by atoms with Gasteiger partial charge in [-0.25, -0.2) is 4.79 Å². The summed E-state index contributed by atoms with van der Waals surface area (Å²) in [6.07, 6.45) is 1.60. The molecule has 6 nitrogen and oxygen atoms in total. The lowest BCUT2D eigenvalue weighted by molar-refractivity contribution is 0.0719. The maximum absolute atomic E-state index is 13.0. The van der Waals surface area contributed by atoms with E-state index in [2.05, 4.69) is 5.32 Å². The molecule has 0 bridgehead atoms. The summed E-state index contributed by atoms with van der Waals surface area (Å²) in [6, 6.07) is 14.2. The minimum absolute atomic E-state index is 0.0794. The van der Waals surface area contributed by atoms with Crippen LogP contribution < -0.4 is 11.1 Å². The molecule has 3 aromatic rings. The van der Waals surface area contributed by atoms with Crippen molar-refractivity contribution in [3.05, 3.63) is 81.9 Å². The normalized spacial score (nSPS) is 10.5. The van der Waals surface area contributed by atoms with Crippen molar-refractivity contribution in [3.63, 3.8) is 0 Å². The van der Waals surface area contributed by atoms with Crippen LogP contribution in [0, 0.1) is 0 Å². The standard InChI is InChI=1S/C19H19N3O3S/c20-19(24)21-11-14-5-7-15(8-6-14)18(23)22(12-16-3-1-9-25-16)13-17-4-2-10-26-17/h1-10H,11-13H2,(H3,20,21,24). The number of urea groups is 1. The fourth-order valence-electron chi connectivity index (χ4n) is 2.52. The topological polar surface area (TPSA) is 88.6 Å². The van der Waals surface area contributed by atoms with Gasteiger partial charge in [0.1, 0.15) is 5.76 Å². The third kappa shape index (κ3) is 4.73. The number of nitrogens with one attached hydrogen (secondary N) is 1. The zero-order valence-electron chi connectivity index (χ0n) is 14.1. The quantitative estimate of drug-likeness (QED) is 0.669. The van der Waals surface area contributed by atoms with E-state index in [0.29, 0.717) is 25.2 Å². The summed E-state index contributed by atoms with van der Waals surface area (Å²) < 4.78 is 5.40. The van der Waals surface area contributed by atoms with Crippen molar-refractivity contribution in [2.75, 3.05) is 0 Å². The lowest BCUT2D eigenvalue weighted by Gasteiger charge is -2.21. The Balaban J connectivity index is 1.74. The van der Waals surface area contributed by atoms with Crippen LogP contribution in [0.3, 0.4) is 0 Å². The maximum atomic E-state index is 13.0. The first-order valence-electron chi connectivity index (χ1n) is 8.08. The van der Waals surface area contributed by atoms with Crippen LogP contribution in [0.25, 0.3) is 0 Å². The third-order valence-corrected chi connectivity index (χ3v) is 4.67. The molecule has 0 saturated heterocycles. The summed E-state index contributed by atoms with van der Waals surface area (Å²) in [6.45, 7) is 1.24. The summed E-state index contributed by atoms with van der Waals surface area (Å²) in [5, 5.41) is 4.52. The molecule has 2 heterocycles. The Bertz CT molecular complexity index is 807. The zero-order valence-corrected chi connectivity index (χ0v) is 14.9. The van der Waals surface area contributed by atoms with Crippen molar-refractivity contribution < 1.29 is 14.0 Å². The number of hydrogen-bond donors (Lipinski definition) is 2. The molecule has 0 aliphatic heterocycles. The molecular formula is C19H19N3O3S. The summed E-state index contributed by atoms with van der Waals surface area (Å²) in [7, 11) is 0. The fourth-order valence-corrected chi connectivity index (χ4v) is 3.24. The Hall–Kier alpha value is -3.06. The highest BCUT2D eigenvalue weighted by Crippen LogP contribution is 2.18. The summed E-state index contributed by atoms with van der Waals surface area (Å²) in [4.78, 5) is 26.6. The van der Waals surface area contributed by atoms with E-state index in [9.17, 15) is 9.59 Å². The average molecular weight is 369 g/mol. The molecule has 0 radical (unpaired) electrons. The van der Waals surface area contributed by atoms with Crippen molar-refractivity contribution in [1.82, 2.24) is 10.2 Å². The lowest BCUT2D eigenvalue weighted by Crippen LogP contribution is -2.30. The Labute approximate surface area is 155 Å². The molecule has 1 aromatic carbocycles. The van der Waals surface area contributed by atoms with Gasteiger partial charge in [-0.15, -0.1) is 11.3 Å². The number of primary amides is 1.